The highest BCUT2D eigenvalue weighted by Crippen LogP contribution is 2.19. The fourth-order valence-electron chi connectivity index (χ4n) is 2.68. The summed E-state index contributed by atoms with van der Waals surface area (Å²) >= 11 is 0. The molecule has 4 aromatic rings. The van der Waals surface area contributed by atoms with Crippen molar-refractivity contribution in [1.82, 2.24) is 9.78 Å². The Labute approximate surface area is 145 Å². The molecule has 0 aliphatic heterocycles. The molecule has 0 fully saturated rings. The number of nitrogens with zero attached hydrogens (tertiary/aromatic N) is 2. The van der Waals surface area contributed by atoms with Crippen LogP contribution in [0.5, 0.6) is 0 Å². The maximum Gasteiger partial charge on any atom is 0.221 e. The number of fused-ring (bicyclic) bond motifs is 1. The van der Waals surface area contributed by atoms with Crippen LogP contribution in [0.1, 0.15) is 21.7 Å². The van der Waals surface area contributed by atoms with Gasteiger partial charge in [0.1, 0.15) is 5.58 Å². The highest BCUT2D eigenvalue weighted by molar-refractivity contribution is 6.06. The largest absolute Gasteiger partial charge is 0.453 e. The zero-order valence-electron chi connectivity index (χ0n) is 13.5. The van der Waals surface area contributed by atoms with Gasteiger partial charge in [0.2, 0.25) is 5.78 Å². The van der Waals surface area contributed by atoms with E-state index in [2.05, 4.69) is 17.2 Å². The summed E-state index contributed by atoms with van der Waals surface area (Å²) in [6.07, 6.45) is 6.92. The second-order valence-electron chi connectivity index (χ2n) is 5.80. The van der Waals surface area contributed by atoms with Crippen molar-refractivity contribution in [2.45, 2.75) is 6.54 Å². The minimum absolute atomic E-state index is 0.160. The monoisotopic (exact) mass is 328 g/mol. The molecule has 4 rings (SSSR count). The molecule has 0 atom stereocenters. The molecular weight excluding hydrogens is 312 g/mol. The molecule has 25 heavy (non-hydrogen) atoms. The van der Waals surface area contributed by atoms with E-state index in [0.717, 1.165) is 16.5 Å². The van der Waals surface area contributed by atoms with E-state index in [1.165, 1.54) is 11.6 Å². The molecule has 2 aromatic carbocycles. The van der Waals surface area contributed by atoms with E-state index < -0.39 is 0 Å². The Morgan fingerprint density at radius 3 is 2.72 bits per heavy atom. The first-order valence-corrected chi connectivity index (χ1v) is 8.05. The maximum atomic E-state index is 12.3. The smallest absolute Gasteiger partial charge is 0.221 e. The SMILES string of the molecule is O=C(/C=C/c1cnn(Cc2ccccc2)c1)c1cc2ccccc2o1. The van der Waals surface area contributed by atoms with Gasteiger partial charge in [-0.15, -0.1) is 0 Å². The van der Waals surface area contributed by atoms with Crippen LogP contribution in [0.15, 0.2) is 83.6 Å². The van der Waals surface area contributed by atoms with E-state index >= 15 is 0 Å². The summed E-state index contributed by atoms with van der Waals surface area (Å²) in [7, 11) is 0. The van der Waals surface area contributed by atoms with Gasteiger partial charge in [0.05, 0.1) is 12.7 Å². The first kappa shape index (κ1) is 15.1. The number of ketones is 1. The number of para-hydroxylation sites is 1. The van der Waals surface area contributed by atoms with E-state index in [1.807, 2.05) is 53.3 Å². The third-order valence-electron chi connectivity index (χ3n) is 3.94. The fraction of sp³-hybridized carbons (Fsp3) is 0.0476. The Balaban J connectivity index is 1.47. The average Bonchev–Trinajstić information content (AvgIpc) is 3.27. The lowest BCUT2D eigenvalue weighted by Crippen LogP contribution is -1.99. The van der Waals surface area contributed by atoms with Crippen molar-refractivity contribution in [3.8, 4) is 0 Å². The van der Waals surface area contributed by atoms with Crippen LogP contribution in [0.3, 0.4) is 0 Å². The summed E-state index contributed by atoms with van der Waals surface area (Å²) in [5.74, 6) is 0.182. The summed E-state index contributed by atoms with van der Waals surface area (Å²) in [4.78, 5) is 12.3. The molecule has 2 heterocycles. The van der Waals surface area contributed by atoms with Gasteiger partial charge >= 0.3 is 0 Å². The van der Waals surface area contributed by atoms with Crippen molar-refractivity contribution in [2.75, 3.05) is 0 Å². The van der Waals surface area contributed by atoms with Crippen LogP contribution in [0.4, 0.5) is 0 Å². The van der Waals surface area contributed by atoms with Crippen molar-refractivity contribution in [2.24, 2.45) is 0 Å². The summed E-state index contributed by atoms with van der Waals surface area (Å²) in [6.45, 7) is 0.701. The number of carbonyl (C=O) groups is 1. The number of rotatable bonds is 5. The van der Waals surface area contributed by atoms with E-state index in [0.29, 0.717) is 12.3 Å². The Morgan fingerprint density at radius 1 is 1.08 bits per heavy atom. The lowest BCUT2D eigenvalue weighted by Gasteiger charge is -2.00. The third-order valence-corrected chi connectivity index (χ3v) is 3.94. The molecule has 0 N–H and O–H groups in total. The van der Waals surface area contributed by atoms with Crippen LogP contribution in [-0.4, -0.2) is 15.6 Å². The van der Waals surface area contributed by atoms with Gasteiger partial charge in [-0.05, 0) is 29.8 Å². The lowest BCUT2D eigenvalue weighted by molar-refractivity contribution is 0.102. The maximum absolute atomic E-state index is 12.3. The number of hydrogen-bond acceptors (Lipinski definition) is 3. The van der Waals surface area contributed by atoms with Gasteiger partial charge in [-0.3, -0.25) is 9.48 Å². The topological polar surface area (TPSA) is 48.0 Å². The summed E-state index contributed by atoms with van der Waals surface area (Å²) in [5.41, 5.74) is 2.77. The van der Waals surface area contributed by atoms with Gasteiger partial charge in [-0.1, -0.05) is 48.5 Å². The van der Waals surface area contributed by atoms with E-state index in [1.54, 1.807) is 18.3 Å². The number of carbonyl (C=O) groups excluding carboxylic acids is 1. The van der Waals surface area contributed by atoms with E-state index in [4.69, 9.17) is 4.42 Å². The van der Waals surface area contributed by atoms with Crippen LogP contribution < -0.4 is 0 Å². The molecule has 122 valence electrons. The lowest BCUT2D eigenvalue weighted by atomic mass is 10.2. The molecule has 4 heteroatoms. The normalized spacial score (nSPS) is 11.4. The van der Waals surface area contributed by atoms with Gasteiger partial charge in [0.15, 0.2) is 5.76 Å². The van der Waals surface area contributed by atoms with Crippen LogP contribution in [0.2, 0.25) is 0 Å². The molecule has 4 nitrogen and oxygen atoms in total. The predicted octanol–water partition coefficient (Wildman–Crippen LogP) is 4.57. The average molecular weight is 328 g/mol. The first-order chi connectivity index (χ1) is 12.3. The quantitative estimate of drug-likeness (QED) is 0.398. The highest BCUT2D eigenvalue weighted by atomic mass is 16.3. The van der Waals surface area contributed by atoms with Gasteiger partial charge in [0.25, 0.3) is 0 Å². The van der Waals surface area contributed by atoms with Crippen LogP contribution in [-0.2, 0) is 6.54 Å². The molecule has 0 spiro atoms. The fourth-order valence-corrected chi connectivity index (χ4v) is 2.68. The third kappa shape index (κ3) is 3.43. The molecule has 2 aromatic heterocycles. The highest BCUT2D eigenvalue weighted by Gasteiger charge is 2.09. The molecule has 0 radical (unpaired) electrons. The van der Waals surface area contributed by atoms with Crippen LogP contribution >= 0.6 is 0 Å². The minimum Gasteiger partial charge on any atom is -0.453 e. The summed E-state index contributed by atoms with van der Waals surface area (Å²) in [6, 6.07) is 19.5. The standard InChI is InChI=1S/C21H16N2O2/c24-19(21-12-18-8-4-5-9-20(18)25-21)11-10-17-13-22-23(15-17)14-16-6-2-1-3-7-16/h1-13,15H,14H2/b11-10+. The zero-order valence-corrected chi connectivity index (χ0v) is 13.5. The Hall–Kier alpha value is -3.40. The number of allylic oxidation sites excluding steroid dienone is 1. The van der Waals surface area contributed by atoms with Crippen molar-refractivity contribution in [1.29, 1.82) is 0 Å². The summed E-state index contributed by atoms with van der Waals surface area (Å²) < 4.78 is 7.43. The zero-order chi connectivity index (χ0) is 17.1. The van der Waals surface area contributed by atoms with Crippen molar-refractivity contribution in [3.63, 3.8) is 0 Å². The number of aromatic nitrogens is 2. The molecule has 0 saturated carbocycles. The first-order valence-electron chi connectivity index (χ1n) is 8.05. The number of furan rings is 1. The van der Waals surface area contributed by atoms with Crippen LogP contribution in [0.25, 0.3) is 17.0 Å². The molecule has 0 bridgehead atoms. The van der Waals surface area contributed by atoms with Gasteiger partial charge in [-0.2, -0.15) is 5.10 Å². The second-order valence-corrected chi connectivity index (χ2v) is 5.80. The Kier molecular flexibility index (Phi) is 4.01. The molecule has 0 saturated heterocycles. The molecule has 0 amide bonds. The van der Waals surface area contributed by atoms with E-state index in [-0.39, 0.29) is 5.78 Å². The second kappa shape index (κ2) is 6.61. The van der Waals surface area contributed by atoms with Crippen molar-refractivity contribution in [3.05, 3.63) is 96.0 Å². The van der Waals surface area contributed by atoms with Gasteiger partial charge in [0, 0.05) is 17.1 Å². The van der Waals surface area contributed by atoms with Crippen molar-refractivity contribution < 1.29 is 9.21 Å². The molecule has 0 unspecified atom stereocenters. The predicted molar refractivity (Wildman–Crippen MR) is 97.3 cm³/mol. The van der Waals surface area contributed by atoms with Crippen molar-refractivity contribution >= 4 is 22.8 Å². The van der Waals surface area contributed by atoms with Crippen LogP contribution in [0, 0.1) is 0 Å². The Morgan fingerprint density at radius 2 is 1.88 bits per heavy atom. The minimum atomic E-state index is -0.160. The van der Waals surface area contributed by atoms with Gasteiger partial charge < -0.3 is 4.42 Å². The molecule has 0 aliphatic rings. The number of benzene rings is 2. The Bertz CT molecular complexity index is 1010. The van der Waals surface area contributed by atoms with E-state index in [9.17, 15) is 4.79 Å². The molecular formula is C21H16N2O2. The summed E-state index contributed by atoms with van der Waals surface area (Å²) in [5, 5.41) is 5.25. The van der Waals surface area contributed by atoms with Gasteiger partial charge in [-0.25, -0.2) is 0 Å². The number of hydrogen-bond donors (Lipinski definition) is 0. The molecule has 0 aliphatic carbocycles.